The fourth-order valence-corrected chi connectivity index (χ4v) is 2.59. The SMILES string of the molecule is CCNc1nc(N(C)C(C)CCSC)c2cn[nH]c2n1. The number of hydrogen-bond donors (Lipinski definition) is 2. The molecule has 2 aromatic rings. The van der Waals surface area contributed by atoms with E-state index in [0.717, 1.165) is 35.6 Å². The first-order valence-corrected chi connectivity index (χ1v) is 8.23. The van der Waals surface area contributed by atoms with E-state index in [4.69, 9.17) is 0 Å². The smallest absolute Gasteiger partial charge is 0.226 e. The highest BCUT2D eigenvalue weighted by Crippen LogP contribution is 2.25. The van der Waals surface area contributed by atoms with Crippen LogP contribution in [0, 0.1) is 0 Å². The van der Waals surface area contributed by atoms with Gasteiger partial charge in [0, 0.05) is 19.6 Å². The molecular weight excluding hydrogens is 272 g/mol. The van der Waals surface area contributed by atoms with E-state index in [9.17, 15) is 0 Å². The van der Waals surface area contributed by atoms with Gasteiger partial charge in [-0.15, -0.1) is 0 Å². The van der Waals surface area contributed by atoms with Crippen LogP contribution in [0.25, 0.3) is 11.0 Å². The number of H-pyrrole nitrogens is 1. The number of nitrogens with one attached hydrogen (secondary N) is 2. The van der Waals surface area contributed by atoms with Gasteiger partial charge in [-0.2, -0.15) is 26.8 Å². The number of rotatable bonds is 7. The summed E-state index contributed by atoms with van der Waals surface area (Å²) in [5, 5.41) is 11.1. The van der Waals surface area contributed by atoms with Crippen LogP contribution >= 0.6 is 11.8 Å². The van der Waals surface area contributed by atoms with Gasteiger partial charge in [0.2, 0.25) is 5.95 Å². The van der Waals surface area contributed by atoms with E-state index in [0.29, 0.717) is 12.0 Å². The Morgan fingerprint density at radius 1 is 1.45 bits per heavy atom. The van der Waals surface area contributed by atoms with Crippen LogP contribution in [-0.4, -0.2) is 51.8 Å². The molecule has 0 aliphatic rings. The summed E-state index contributed by atoms with van der Waals surface area (Å²) in [6.07, 6.45) is 5.05. The van der Waals surface area contributed by atoms with Crippen LogP contribution < -0.4 is 10.2 Å². The zero-order chi connectivity index (χ0) is 14.5. The molecular formula is C13H22N6S. The predicted molar refractivity (Wildman–Crippen MR) is 86.7 cm³/mol. The molecule has 0 aliphatic heterocycles. The third kappa shape index (κ3) is 3.15. The van der Waals surface area contributed by atoms with Gasteiger partial charge >= 0.3 is 0 Å². The van der Waals surface area contributed by atoms with Crippen molar-refractivity contribution in [3.63, 3.8) is 0 Å². The van der Waals surface area contributed by atoms with Gasteiger partial charge in [-0.3, -0.25) is 5.10 Å². The average molecular weight is 294 g/mol. The lowest BCUT2D eigenvalue weighted by molar-refractivity contribution is 0.664. The molecule has 110 valence electrons. The number of aromatic nitrogens is 4. The largest absolute Gasteiger partial charge is 0.356 e. The molecule has 1 atom stereocenters. The average Bonchev–Trinajstić information content (AvgIpc) is 2.91. The second-order valence-electron chi connectivity index (χ2n) is 4.77. The van der Waals surface area contributed by atoms with Gasteiger partial charge in [0.1, 0.15) is 5.82 Å². The van der Waals surface area contributed by atoms with Crippen molar-refractivity contribution in [2.75, 3.05) is 35.8 Å². The summed E-state index contributed by atoms with van der Waals surface area (Å²) in [7, 11) is 2.08. The normalized spacial score (nSPS) is 12.6. The maximum Gasteiger partial charge on any atom is 0.226 e. The highest BCUT2D eigenvalue weighted by atomic mass is 32.2. The van der Waals surface area contributed by atoms with Gasteiger partial charge in [-0.1, -0.05) is 0 Å². The molecule has 0 amide bonds. The van der Waals surface area contributed by atoms with Crippen molar-refractivity contribution in [2.24, 2.45) is 0 Å². The number of nitrogens with zero attached hydrogens (tertiary/aromatic N) is 4. The Kier molecular flexibility index (Phi) is 5.05. The summed E-state index contributed by atoms with van der Waals surface area (Å²) in [4.78, 5) is 11.3. The first-order chi connectivity index (χ1) is 9.67. The molecule has 0 saturated heterocycles. The van der Waals surface area contributed by atoms with Gasteiger partial charge in [0.15, 0.2) is 5.65 Å². The molecule has 2 heterocycles. The predicted octanol–water partition coefficient (Wildman–Crippen LogP) is 2.36. The minimum atomic E-state index is 0.421. The molecule has 20 heavy (non-hydrogen) atoms. The van der Waals surface area contributed by atoms with Crippen LogP contribution in [0.1, 0.15) is 20.3 Å². The van der Waals surface area contributed by atoms with Crippen molar-refractivity contribution < 1.29 is 0 Å². The minimum absolute atomic E-state index is 0.421. The van der Waals surface area contributed by atoms with Crippen LogP contribution in [0.15, 0.2) is 6.20 Å². The molecule has 7 heteroatoms. The second-order valence-corrected chi connectivity index (χ2v) is 5.76. The molecule has 0 aromatic carbocycles. The van der Waals surface area contributed by atoms with Crippen molar-refractivity contribution in [1.82, 2.24) is 20.2 Å². The fourth-order valence-electron chi connectivity index (χ4n) is 2.02. The van der Waals surface area contributed by atoms with Crippen LogP contribution in [0.2, 0.25) is 0 Å². The maximum absolute atomic E-state index is 4.63. The molecule has 0 saturated carbocycles. The highest BCUT2D eigenvalue weighted by molar-refractivity contribution is 7.98. The summed E-state index contributed by atoms with van der Waals surface area (Å²) >= 11 is 1.87. The Hall–Kier alpha value is -1.50. The molecule has 0 aliphatic carbocycles. The van der Waals surface area contributed by atoms with E-state index in [1.165, 1.54) is 0 Å². The third-order valence-corrected chi connectivity index (χ3v) is 4.00. The topological polar surface area (TPSA) is 69.7 Å². The van der Waals surface area contributed by atoms with Crippen molar-refractivity contribution in [2.45, 2.75) is 26.3 Å². The number of fused-ring (bicyclic) bond motifs is 1. The monoisotopic (exact) mass is 294 g/mol. The van der Waals surface area contributed by atoms with Gasteiger partial charge in [0.05, 0.1) is 11.6 Å². The first-order valence-electron chi connectivity index (χ1n) is 6.84. The van der Waals surface area contributed by atoms with Crippen LogP contribution in [0.3, 0.4) is 0 Å². The molecule has 2 rings (SSSR count). The van der Waals surface area contributed by atoms with E-state index in [1.807, 2.05) is 18.7 Å². The van der Waals surface area contributed by atoms with E-state index < -0.39 is 0 Å². The number of thioether (sulfide) groups is 1. The van der Waals surface area contributed by atoms with Crippen LogP contribution in [0.4, 0.5) is 11.8 Å². The van der Waals surface area contributed by atoms with E-state index in [2.05, 4.69) is 50.6 Å². The summed E-state index contributed by atoms with van der Waals surface area (Å²) in [5.41, 5.74) is 0.773. The van der Waals surface area contributed by atoms with Gasteiger partial charge in [-0.05, 0) is 32.3 Å². The maximum atomic E-state index is 4.63. The quantitative estimate of drug-likeness (QED) is 0.817. The lowest BCUT2D eigenvalue weighted by Crippen LogP contribution is -2.30. The summed E-state index contributed by atoms with van der Waals surface area (Å²) in [6.45, 7) is 5.05. The molecule has 2 aromatic heterocycles. The second kappa shape index (κ2) is 6.78. The number of hydrogen-bond acceptors (Lipinski definition) is 6. The molecule has 6 nitrogen and oxygen atoms in total. The Morgan fingerprint density at radius 3 is 2.95 bits per heavy atom. The molecule has 0 fully saturated rings. The Labute approximate surface area is 123 Å². The first kappa shape index (κ1) is 14.9. The number of anilines is 2. The standard InChI is InChI=1S/C13H22N6S/c1-5-14-13-16-11-10(8-15-18-11)12(17-13)19(3)9(2)6-7-20-4/h8-9H,5-7H2,1-4H3,(H2,14,15,16,17,18). The lowest BCUT2D eigenvalue weighted by Gasteiger charge is -2.26. The van der Waals surface area contributed by atoms with Crippen molar-refractivity contribution in [1.29, 1.82) is 0 Å². The number of aromatic amines is 1. The molecule has 0 bridgehead atoms. The van der Waals surface area contributed by atoms with Crippen LogP contribution in [-0.2, 0) is 0 Å². The molecule has 0 spiro atoms. The van der Waals surface area contributed by atoms with Gasteiger partial charge < -0.3 is 10.2 Å². The zero-order valence-corrected chi connectivity index (χ0v) is 13.3. The van der Waals surface area contributed by atoms with Crippen LogP contribution in [0.5, 0.6) is 0 Å². The van der Waals surface area contributed by atoms with E-state index in [1.54, 1.807) is 6.20 Å². The van der Waals surface area contributed by atoms with Gasteiger partial charge in [-0.25, -0.2) is 0 Å². The summed E-state index contributed by atoms with van der Waals surface area (Å²) in [6, 6.07) is 0.421. The van der Waals surface area contributed by atoms with Crippen molar-refractivity contribution >= 4 is 34.6 Å². The minimum Gasteiger partial charge on any atom is -0.356 e. The fraction of sp³-hybridized carbons (Fsp3) is 0.615. The Morgan fingerprint density at radius 2 is 2.25 bits per heavy atom. The highest BCUT2D eigenvalue weighted by Gasteiger charge is 2.17. The zero-order valence-electron chi connectivity index (χ0n) is 12.5. The van der Waals surface area contributed by atoms with E-state index >= 15 is 0 Å². The Balaban J connectivity index is 2.33. The van der Waals surface area contributed by atoms with Crippen molar-refractivity contribution in [3.05, 3.63) is 6.20 Å². The van der Waals surface area contributed by atoms with E-state index in [-0.39, 0.29) is 0 Å². The summed E-state index contributed by atoms with van der Waals surface area (Å²) in [5.74, 6) is 2.71. The molecule has 1 unspecified atom stereocenters. The third-order valence-electron chi connectivity index (χ3n) is 3.36. The Bertz CT molecular complexity index is 555. The van der Waals surface area contributed by atoms with Gasteiger partial charge in [0.25, 0.3) is 0 Å². The van der Waals surface area contributed by atoms with Crippen molar-refractivity contribution in [3.8, 4) is 0 Å². The molecule has 2 N–H and O–H groups in total. The molecule has 0 radical (unpaired) electrons. The summed E-state index contributed by atoms with van der Waals surface area (Å²) < 4.78 is 0. The lowest BCUT2D eigenvalue weighted by atomic mass is 10.2.